The van der Waals surface area contributed by atoms with Crippen LogP contribution in [-0.4, -0.2) is 35.6 Å². The lowest BCUT2D eigenvalue weighted by molar-refractivity contribution is -0.914. The second kappa shape index (κ2) is 6.88. The summed E-state index contributed by atoms with van der Waals surface area (Å²) in [6.07, 6.45) is -0.175. The van der Waals surface area contributed by atoms with Crippen molar-refractivity contribution in [1.29, 1.82) is 0 Å². The molecule has 1 saturated heterocycles. The van der Waals surface area contributed by atoms with E-state index < -0.39 is 11.7 Å². The average Bonchev–Trinajstić information content (AvgIpc) is 3.03. The van der Waals surface area contributed by atoms with E-state index in [0.29, 0.717) is 5.69 Å². The number of nitrogens with one attached hydrogen (secondary N) is 1. The van der Waals surface area contributed by atoms with Crippen molar-refractivity contribution in [3.63, 3.8) is 0 Å². The Morgan fingerprint density at radius 2 is 1.85 bits per heavy atom. The van der Waals surface area contributed by atoms with E-state index in [-0.39, 0.29) is 0 Å². The minimum absolute atomic E-state index is 0.588. The number of rotatable bonds is 3. The largest absolute Gasteiger partial charge is 0.416 e. The minimum atomic E-state index is -4.30. The van der Waals surface area contributed by atoms with Crippen LogP contribution in [0.3, 0.4) is 0 Å². The summed E-state index contributed by atoms with van der Waals surface area (Å²) in [6.45, 7) is 6.12. The predicted octanol–water partition coefficient (Wildman–Crippen LogP) is 2.57. The van der Waals surface area contributed by atoms with Crippen LogP contribution in [0.25, 0.3) is 5.65 Å². The van der Waals surface area contributed by atoms with Crippen LogP contribution >= 0.6 is 0 Å². The number of fused-ring (bicyclic) bond motifs is 1. The number of hydrogen-bond acceptors (Lipinski definition) is 2. The normalized spacial score (nSPS) is 16.2. The SMILES string of the molecule is Cc1ccc2nc(C[NH+]3CCN(c4cccc(C(F)(F)F)c4)CC3)cn2c1. The van der Waals surface area contributed by atoms with Crippen molar-refractivity contribution in [2.24, 2.45) is 0 Å². The van der Waals surface area contributed by atoms with Crippen LogP contribution in [0, 0.1) is 6.92 Å². The first-order chi connectivity index (χ1) is 12.9. The zero-order valence-electron chi connectivity index (χ0n) is 15.1. The standard InChI is InChI=1S/C20H21F3N4/c1-15-5-6-19-24-17(14-27(19)12-15)13-25-7-9-26(10-8-25)18-4-2-3-16(11-18)20(21,22)23/h2-6,11-12,14H,7-10,13H2,1H3/p+1. The van der Waals surface area contributed by atoms with E-state index in [1.165, 1.54) is 22.6 Å². The third kappa shape index (κ3) is 3.93. The molecule has 3 heterocycles. The summed E-state index contributed by atoms with van der Waals surface area (Å²) in [5.41, 5.74) is 3.23. The second-order valence-corrected chi connectivity index (χ2v) is 7.17. The molecule has 1 N–H and O–H groups in total. The fourth-order valence-corrected chi connectivity index (χ4v) is 3.63. The third-order valence-electron chi connectivity index (χ3n) is 5.09. The molecular formula is C20H22F3N4+. The van der Waals surface area contributed by atoms with Crippen LogP contribution in [0.2, 0.25) is 0 Å². The number of nitrogens with zero attached hydrogens (tertiary/aromatic N) is 3. The second-order valence-electron chi connectivity index (χ2n) is 7.17. The van der Waals surface area contributed by atoms with E-state index in [4.69, 9.17) is 0 Å². The number of imidazole rings is 1. The van der Waals surface area contributed by atoms with Crippen LogP contribution in [0.15, 0.2) is 48.8 Å². The van der Waals surface area contributed by atoms with E-state index in [2.05, 4.69) is 24.3 Å². The Morgan fingerprint density at radius 1 is 1.07 bits per heavy atom. The number of hydrogen-bond donors (Lipinski definition) is 1. The molecule has 27 heavy (non-hydrogen) atoms. The molecule has 0 saturated carbocycles. The highest BCUT2D eigenvalue weighted by Gasteiger charge is 2.31. The summed E-state index contributed by atoms with van der Waals surface area (Å²) in [6, 6.07) is 9.67. The minimum Gasteiger partial charge on any atom is -0.360 e. The summed E-state index contributed by atoms with van der Waals surface area (Å²) >= 11 is 0. The molecule has 0 radical (unpaired) electrons. The average molecular weight is 375 g/mol. The molecule has 0 atom stereocenters. The highest BCUT2D eigenvalue weighted by molar-refractivity contribution is 5.49. The molecule has 0 amide bonds. The summed E-state index contributed by atoms with van der Waals surface area (Å²) < 4.78 is 40.8. The van der Waals surface area contributed by atoms with Crippen molar-refractivity contribution >= 4 is 11.3 Å². The number of pyridine rings is 1. The lowest BCUT2D eigenvalue weighted by Crippen LogP contribution is -3.13. The van der Waals surface area contributed by atoms with Gasteiger partial charge in [0.25, 0.3) is 0 Å². The molecule has 2 aromatic heterocycles. The Hall–Kier alpha value is -2.54. The molecule has 0 aliphatic carbocycles. The van der Waals surface area contributed by atoms with E-state index >= 15 is 0 Å². The molecule has 3 aromatic rings. The first kappa shape index (κ1) is 17.9. The van der Waals surface area contributed by atoms with Crippen molar-refractivity contribution in [1.82, 2.24) is 9.38 Å². The molecule has 0 unspecified atom stereocenters. The predicted molar refractivity (Wildman–Crippen MR) is 98.0 cm³/mol. The number of aryl methyl sites for hydroxylation is 1. The quantitative estimate of drug-likeness (QED) is 0.761. The van der Waals surface area contributed by atoms with Gasteiger partial charge in [0.1, 0.15) is 17.9 Å². The van der Waals surface area contributed by atoms with Gasteiger partial charge in [-0.2, -0.15) is 13.2 Å². The lowest BCUT2D eigenvalue weighted by Gasteiger charge is -2.33. The van der Waals surface area contributed by atoms with Crippen LogP contribution in [-0.2, 0) is 12.7 Å². The van der Waals surface area contributed by atoms with Gasteiger partial charge >= 0.3 is 6.18 Å². The number of anilines is 1. The molecule has 4 rings (SSSR count). The van der Waals surface area contributed by atoms with Crippen LogP contribution in [0.4, 0.5) is 18.9 Å². The number of alkyl halides is 3. The van der Waals surface area contributed by atoms with Crippen molar-refractivity contribution in [2.75, 3.05) is 31.1 Å². The van der Waals surface area contributed by atoms with E-state index in [9.17, 15) is 13.2 Å². The topological polar surface area (TPSA) is 25.0 Å². The Labute approximate surface area is 155 Å². The summed E-state index contributed by atoms with van der Waals surface area (Å²) in [5.74, 6) is 0. The maximum absolute atomic E-state index is 12.9. The Bertz CT molecular complexity index is 940. The molecular weight excluding hydrogens is 353 g/mol. The van der Waals surface area contributed by atoms with Gasteiger partial charge in [-0.05, 0) is 36.8 Å². The zero-order valence-corrected chi connectivity index (χ0v) is 15.1. The molecule has 1 fully saturated rings. The fraction of sp³-hybridized carbons (Fsp3) is 0.350. The highest BCUT2D eigenvalue weighted by Crippen LogP contribution is 2.31. The smallest absolute Gasteiger partial charge is 0.360 e. The van der Waals surface area contributed by atoms with Crippen LogP contribution < -0.4 is 9.80 Å². The summed E-state index contributed by atoms with van der Waals surface area (Å²) in [7, 11) is 0. The van der Waals surface area contributed by atoms with Crippen LogP contribution in [0.1, 0.15) is 16.8 Å². The van der Waals surface area contributed by atoms with E-state index in [1.54, 1.807) is 6.07 Å². The monoisotopic (exact) mass is 375 g/mol. The van der Waals surface area contributed by atoms with Crippen molar-refractivity contribution in [2.45, 2.75) is 19.6 Å². The Balaban J connectivity index is 1.40. The molecule has 0 spiro atoms. The van der Waals surface area contributed by atoms with Gasteiger partial charge in [0.15, 0.2) is 0 Å². The van der Waals surface area contributed by atoms with Crippen molar-refractivity contribution in [3.05, 3.63) is 65.6 Å². The number of aromatic nitrogens is 2. The van der Waals surface area contributed by atoms with Gasteiger partial charge < -0.3 is 14.2 Å². The third-order valence-corrected chi connectivity index (χ3v) is 5.09. The molecule has 0 bridgehead atoms. The first-order valence-electron chi connectivity index (χ1n) is 9.08. The number of quaternary nitrogens is 1. The van der Waals surface area contributed by atoms with Crippen LogP contribution in [0.5, 0.6) is 0 Å². The number of piperazine rings is 1. The van der Waals surface area contributed by atoms with Crippen molar-refractivity contribution < 1.29 is 18.1 Å². The lowest BCUT2D eigenvalue weighted by atomic mass is 10.1. The molecule has 1 aliphatic heterocycles. The molecule has 7 heteroatoms. The van der Waals surface area contributed by atoms with E-state index in [1.807, 2.05) is 21.4 Å². The van der Waals surface area contributed by atoms with Gasteiger partial charge in [-0.3, -0.25) is 0 Å². The van der Waals surface area contributed by atoms with E-state index in [0.717, 1.165) is 50.1 Å². The van der Waals surface area contributed by atoms with Gasteiger partial charge in [-0.1, -0.05) is 12.1 Å². The van der Waals surface area contributed by atoms with Gasteiger partial charge in [0.05, 0.1) is 31.7 Å². The summed E-state index contributed by atoms with van der Waals surface area (Å²) in [5, 5.41) is 0. The van der Waals surface area contributed by atoms with Gasteiger partial charge in [-0.25, -0.2) is 4.98 Å². The van der Waals surface area contributed by atoms with Gasteiger partial charge in [0.2, 0.25) is 0 Å². The fourth-order valence-electron chi connectivity index (χ4n) is 3.63. The van der Waals surface area contributed by atoms with Gasteiger partial charge in [-0.15, -0.1) is 0 Å². The molecule has 1 aromatic carbocycles. The maximum Gasteiger partial charge on any atom is 0.416 e. The first-order valence-corrected chi connectivity index (χ1v) is 9.08. The molecule has 4 nitrogen and oxygen atoms in total. The Kier molecular flexibility index (Phi) is 4.55. The molecule has 142 valence electrons. The summed E-state index contributed by atoms with van der Waals surface area (Å²) in [4.78, 5) is 8.10. The van der Waals surface area contributed by atoms with Crippen molar-refractivity contribution in [3.8, 4) is 0 Å². The number of benzene rings is 1. The zero-order chi connectivity index (χ0) is 19.0. The van der Waals surface area contributed by atoms with Gasteiger partial charge in [0, 0.05) is 18.1 Å². The Morgan fingerprint density at radius 3 is 2.59 bits per heavy atom. The number of halogens is 3. The molecule has 1 aliphatic rings. The highest BCUT2D eigenvalue weighted by atomic mass is 19.4. The maximum atomic E-state index is 12.9.